The number of nitrogens with one attached hydrogen (secondary N) is 1. The van der Waals surface area contributed by atoms with Crippen molar-refractivity contribution in [2.24, 2.45) is 0 Å². The van der Waals surface area contributed by atoms with Crippen LogP contribution in [0.4, 0.5) is 0 Å². The number of carbonyl (C=O) groups excluding carboxylic acids is 1. The second-order valence-electron chi connectivity index (χ2n) is 3.17. The summed E-state index contributed by atoms with van der Waals surface area (Å²) in [6.45, 7) is 4.88. The molecule has 1 amide bonds. The minimum atomic E-state index is -0.604. The van der Waals surface area contributed by atoms with Crippen molar-refractivity contribution >= 4 is 16.7 Å². The Balaban J connectivity index is 2.09. The van der Waals surface area contributed by atoms with Gasteiger partial charge in [0.05, 0.1) is 0 Å². The summed E-state index contributed by atoms with van der Waals surface area (Å²) in [5.41, 5.74) is 0. The Morgan fingerprint density at radius 1 is 1.46 bits per heavy atom. The zero-order valence-corrected chi connectivity index (χ0v) is 8.73. The summed E-state index contributed by atoms with van der Waals surface area (Å²) >= 11 is 0. The van der Waals surface area contributed by atoms with Crippen LogP contribution in [0.5, 0.6) is 0 Å². The van der Waals surface area contributed by atoms with Gasteiger partial charge in [0, 0.05) is 55.4 Å². The molecule has 0 aromatic carbocycles. The van der Waals surface area contributed by atoms with Crippen molar-refractivity contribution in [3.05, 3.63) is 0 Å². The largest absolute Gasteiger partial charge is 0.355 e. The third-order valence-electron chi connectivity index (χ3n) is 2.07. The summed E-state index contributed by atoms with van der Waals surface area (Å²) in [7, 11) is -0.604. The maximum Gasteiger partial charge on any atom is 0.216 e. The van der Waals surface area contributed by atoms with E-state index in [1.165, 1.54) is 6.92 Å². The molecule has 0 unspecified atom stereocenters. The van der Waals surface area contributed by atoms with Gasteiger partial charge in [-0.2, -0.15) is 0 Å². The van der Waals surface area contributed by atoms with Crippen LogP contribution in [0.25, 0.3) is 0 Å². The molecule has 13 heavy (non-hydrogen) atoms. The van der Waals surface area contributed by atoms with E-state index in [1.807, 2.05) is 0 Å². The lowest BCUT2D eigenvalue weighted by Crippen LogP contribution is -2.41. The summed E-state index contributed by atoms with van der Waals surface area (Å²) in [6, 6.07) is 0. The Labute approximate surface area is 81.1 Å². The lowest BCUT2D eigenvalue weighted by Gasteiger charge is -2.25. The maximum absolute atomic E-state index is 11.0. The summed E-state index contributed by atoms with van der Waals surface area (Å²) in [5.74, 6) is 1.57. The Hall–Kier alpha value is -0.420. The summed E-state index contributed by atoms with van der Waals surface area (Å²) in [4.78, 5) is 12.8. The zero-order chi connectivity index (χ0) is 9.68. The number of rotatable bonds is 3. The predicted octanol–water partition coefficient (Wildman–Crippen LogP) is -0.813. The van der Waals surface area contributed by atoms with Gasteiger partial charge in [0.15, 0.2) is 0 Å². The number of amides is 1. The van der Waals surface area contributed by atoms with Crippen LogP contribution in [0.15, 0.2) is 0 Å². The third-order valence-corrected chi connectivity index (χ3v) is 3.35. The molecular weight excluding hydrogens is 188 g/mol. The van der Waals surface area contributed by atoms with E-state index in [0.29, 0.717) is 6.54 Å². The average molecular weight is 204 g/mol. The van der Waals surface area contributed by atoms with Gasteiger partial charge in [0.25, 0.3) is 0 Å². The number of carbonyl (C=O) groups is 1. The van der Waals surface area contributed by atoms with E-state index in [0.717, 1.165) is 31.1 Å². The molecule has 0 aromatic heterocycles. The van der Waals surface area contributed by atoms with Gasteiger partial charge in [-0.1, -0.05) is 0 Å². The first kappa shape index (κ1) is 10.7. The second-order valence-corrected chi connectivity index (χ2v) is 4.87. The number of hydrogen-bond donors (Lipinski definition) is 1. The van der Waals surface area contributed by atoms with Crippen molar-refractivity contribution in [1.82, 2.24) is 10.2 Å². The standard InChI is InChI=1S/C8H16N2O2S/c1-8(11)9-2-3-10-4-6-13(12)7-5-10/h2-7H2,1H3,(H,9,11). The molecule has 0 radical (unpaired) electrons. The van der Waals surface area contributed by atoms with E-state index in [9.17, 15) is 9.00 Å². The fourth-order valence-corrected chi connectivity index (χ4v) is 2.42. The molecule has 4 nitrogen and oxygen atoms in total. The van der Waals surface area contributed by atoms with Crippen LogP contribution in [0.1, 0.15) is 6.92 Å². The van der Waals surface area contributed by atoms with Crippen LogP contribution < -0.4 is 5.32 Å². The first-order valence-corrected chi connectivity index (χ1v) is 5.99. The van der Waals surface area contributed by atoms with E-state index in [1.54, 1.807) is 0 Å². The highest BCUT2D eigenvalue weighted by molar-refractivity contribution is 7.85. The fourth-order valence-electron chi connectivity index (χ4n) is 1.29. The molecule has 0 atom stereocenters. The molecule has 5 heteroatoms. The smallest absolute Gasteiger partial charge is 0.216 e. The molecule has 0 spiro atoms. The van der Waals surface area contributed by atoms with E-state index >= 15 is 0 Å². The molecule has 1 heterocycles. The highest BCUT2D eigenvalue weighted by Crippen LogP contribution is 1.98. The van der Waals surface area contributed by atoms with Gasteiger partial charge in [0.2, 0.25) is 5.91 Å². The highest BCUT2D eigenvalue weighted by atomic mass is 32.2. The third kappa shape index (κ3) is 4.38. The molecule has 1 aliphatic heterocycles. The molecule has 0 bridgehead atoms. The number of nitrogens with zero attached hydrogens (tertiary/aromatic N) is 1. The molecule has 0 aromatic rings. The topological polar surface area (TPSA) is 49.4 Å². The predicted molar refractivity (Wildman–Crippen MR) is 53.0 cm³/mol. The van der Waals surface area contributed by atoms with Gasteiger partial charge in [-0.15, -0.1) is 0 Å². The maximum atomic E-state index is 11.0. The molecule has 1 rings (SSSR count). The minimum absolute atomic E-state index is 0.0144. The molecule has 76 valence electrons. The van der Waals surface area contributed by atoms with Crippen LogP contribution in [0.3, 0.4) is 0 Å². The summed E-state index contributed by atoms with van der Waals surface area (Å²) in [6.07, 6.45) is 0. The summed E-state index contributed by atoms with van der Waals surface area (Å²) < 4.78 is 11.0. The Morgan fingerprint density at radius 3 is 2.62 bits per heavy atom. The van der Waals surface area contributed by atoms with Gasteiger partial charge < -0.3 is 5.32 Å². The molecule has 1 saturated heterocycles. The van der Waals surface area contributed by atoms with Crippen molar-refractivity contribution in [2.75, 3.05) is 37.7 Å². The van der Waals surface area contributed by atoms with Gasteiger partial charge in [0.1, 0.15) is 0 Å². The molecule has 1 fully saturated rings. The fraction of sp³-hybridized carbons (Fsp3) is 0.875. The van der Waals surface area contributed by atoms with Crippen molar-refractivity contribution < 1.29 is 9.00 Å². The lowest BCUT2D eigenvalue weighted by molar-refractivity contribution is -0.119. The Morgan fingerprint density at radius 2 is 2.08 bits per heavy atom. The highest BCUT2D eigenvalue weighted by Gasteiger charge is 2.13. The van der Waals surface area contributed by atoms with Crippen LogP contribution in [0, 0.1) is 0 Å². The van der Waals surface area contributed by atoms with Gasteiger partial charge in [-0.25, -0.2) is 0 Å². The Kier molecular flexibility index (Phi) is 4.38. The van der Waals surface area contributed by atoms with Crippen LogP contribution in [0.2, 0.25) is 0 Å². The van der Waals surface area contributed by atoms with Gasteiger partial charge in [-0.05, 0) is 0 Å². The molecule has 0 saturated carbocycles. The minimum Gasteiger partial charge on any atom is -0.355 e. The van der Waals surface area contributed by atoms with Gasteiger partial charge >= 0.3 is 0 Å². The van der Waals surface area contributed by atoms with E-state index in [-0.39, 0.29) is 5.91 Å². The van der Waals surface area contributed by atoms with Gasteiger partial charge in [-0.3, -0.25) is 13.9 Å². The lowest BCUT2D eigenvalue weighted by atomic mass is 10.4. The normalized spacial score (nSPS) is 20.1. The first-order chi connectivity index (χ1) is 6.18. The molecular formula is C8H16N2O2S. The van der Waals surface area contributed by atoms with Crippen LogP contribution in [-0.4, -0.2) is 52.7 Å². The van der Waals surface area contributed by atoms with Crippen LogP contribution in [-0.2, 0) is 15.6 Å². The second kappa shape index (κ2) is 5.34. The van der Waals surface area contributed by atoms with E-state index in [2.05, 4.69) is 10.2 Å². The van der Waals surface area contributed by atoms with E-state index < -0.39 is 10.8 Å². The Bertz CT molecular complexity index is 198. The molecule has 1 aliphatic rings. The average Bonchev–Trinajstić information content (AvgIpc) is 2.08. The number of hydrogen-bond acceptors (Lipinski definition) is 3. The van der Waals surface area contributed by atoms with Crippen molar-refractivity contribution in [3.8, 4) is 0 Å². The molecule has 1 N–H and O–H groups in total. The monoisotopic (exact) mass is 204 g/mol. The summed E-state index contributed by atoms with van der Waals surface area (Å²) in [5, 5.41) is 2.75. The molecule has 0 aliphatic carbocycles. The van der Waals surface area contributed by atoms with Crippen molar-refractivity contribution in [1.29, 1.82) is 0 Å². The quantitative estimate of drug-likeness (QED) is 0.654. The van der Waals surface area contributed by atoms with Crippen LogP contribution >= 0.6 is 0 Å². The van der Waals surface area contributed by atoms with Crippen molar-refractivity contribution in [3.63, 3.8) is 0 Å². The SMILES string of the molecule is CC(=O)NCCN1CCS(=O)CC1. The first-order valence-electron chi connectivity index (χ1n) is 4.50. The zero-order valence-electron chi connectivity index (χ0n) is 7.91. The van der Waals surface area contributed by atoms with Crippen molar-refractivity contribution in [2.45, 2.75) is 6.92 Å². The van der Waals surface area contributed by atoms with E-state index in [4.69, 9.17) is 0 Å².